The molecule has 0 unspecified atom stereocenters. The van der Waals surface area contributed by atoms with Crippen molar-refractivity contribution >= 4 is 11.8 Å². The van der Waals surface area contributed by atoms with Crippen LogP contribution in [0, 0.1) is 0 Å². The molecule has 2 heterocycles. The Kier molecular flexibility index (Phi) is 5.18. The van der Waals surface area contributed by atoms with E-state index in [9.17, 15) is 0 Å². The van der Waals surface area contributed by atoms with Crippen molar-refractivity contribution in [1.29, 1.82) is 0 Å². The quantitative estimate of drug-likeness (QED) is 0.915. The Morgan fingerprint density at radius 1 is 1.00 bits per heavy atom. The van der Waals surface area contributed by atoms with Crippen LogP contribution in [-0.4, -0.2) is 24.7 Å². The summed E-state index contributed by atoms with van der Waals surface area (Å²) in [6.45, 7) is 2.26. The van der Waals surface area contributed by atoms with Crippen molar-refractivity contribution in [1.82, 2.24) is 5.32 Å². The summed E-state index contributed by atoms with van der Waals surface area (Å²) in [7, 11) is 0. The van der Waals surface area contributed by atoms with Crippen LogP contribution in [0.25, 0.3) is 0 Å². The first-order valence-corrected chi connectivity index (χ1v) is 9.76. The van der Waals surface area contributed by atoms with Crippen molar-refractivity contribution in [2.45, 2.75) is 25.3 Å². The molecule has 4 heteroatoms. The molecule has 1 atom stereocenters. The number of ether oxygens (including phenoxy) is 2. The average molecular weight is 341 g/mol. The molecule has 2 aromatic carbocycles. The van der Waals surface area contributed by atoms with Crippen LogP contribution in [0.2, 0.25) is 0 Å². The molecular weight excluding hydrogens is 318 g/mol. The van der Waals surface area contributed by atoms with Gasteiger partial charge in [0.25, 0.3) is 0 Å². The number of aryl methyl sites for hydroxylation is 1. The van der Waals surface area contributed by atoms with E-state index in [1.54, 1.807) is 0 Å². The summed E-state index contributed by atoms with van der Waals surface area (Å²) in [4.78, 5) is 0. The maximum Gasteiger partial charge on any atom is 0.184 e. The number of nitrogens with one attached hydrogen (secondary N) is 1. The van der Waals surface area contributed by atoms with Crippen molar-refractivity contribution < 1.29 is 9.47 Å². The Morgan fingerprint density at radius 2 is 1.79 bits per heavy atom. The Morgan fingerprint density at radius 3 is 2.62 bits per heavy atom. The minimum Gasteiger partial charge on any atom is -0.346 e. The van der Waals surface area contributed by atoms with Crippen molar-refractivity contribution in [2.75, 3.05) is 24.7 Å². The van der Waals surface area contributed by atoms with Gasteiger partial charge in [0.05, 0.1) is 13.2 Å². The van der Waals surface area contributed by atoms with E-state index in [0.717, 1.165) is 17.9 Å². The molecule has 0 spiro atoms. The fourth-order valence-electron chi connectivity index (χ4n) is 3.33. The standard InChI is InChI=1S/C20H23NO2S/c1-2-4-18-16(3-1)9-12-24-14-19(18)21-13-15-5-7-17(8-6-15)20-22-10-11-23-20/h1-8,19-21H,9-14H2/t19-/m0/s1. The van der Waals surface area contributed by atoms with E-state index in [2.05, 4.69) is 53.8 Å². The van der Waals surface area contributed by atoms with Crippen LogP contribution in [0.4, 0.5) is 0 Å². The minimum atomic E-state index is -0.183. The number of fused-ring (bicyclic) bond motifs is 1. The van der Waals surface area contributed by atoms with Gasteiger partial charge < -0.3 is 14.8 Å². The molecule has 1 saturated heterocycles. The molecule has 0 bridgehead atoms. The molecular formula is C20H23NO2S. The van der Waals surface area contributed by atoms with E-state index in [0.29, 0.717) is 19.3 Å². The highest BCUT2D eigenvalue weighted by Gasteiger charge is 2.19. The predicted octanol–water partition coefficient (Wildman–Crippen LogP) is 3.85. The lowest BCUT2D eigenvalue weighted by atomic mass is 9.99. The number of hydrogen-bond donors (Lipinski definition) is 1. The lowest BCUT2D eigenvalue weighted by molar-refractivity contribution is -0.0441. The molecule has 24 heavy (non-hydrogen) atoms. The molecule has 0 radical (unpaired) electrons. The third-order valence-corrected chi connectivity index (χ3v) is 5.72. The zero-order chi connectivity index (χ0) is 16.2. The van der Waals surface area contributed by atoms with Crippen molar-refractivity contribution in [3.63, 3.8) is 0 Å². The number of rotatable bonds is 4. The Bertz CT molecular complexity index is 668. The van der Waals surface area contributed by atoms with E-state index in [-0.39, 0.29) is 6.29 Å². The Balaban J connectivity index is 1.41. The first-order chi connectivity index (χ1) is 11.9. The first-order valence-electron chi connectivity index (χ1n) is 8.61. The van der Waals surface area contributed by atoms with Crippen molar-refractivity contribution in [3.8, 4) is 0 Å². The molecule has 1 N–H and O–H groups in total. The minimum absolute atomic E-state index is 0.183. The second kappa shape index (κ2) is 7.70. The van der Waals surface area contributed by atoms with Crippen LogP contribution in [0.3, 0.4) is 0 Å². The maximum absolute atomic E-state index is 5.55. The summed E-state index contributed by atoms with van der Waals surface area (Å²) in [5.74, 6) is 2.35. The van der Waals surface area contributed by atoms with Crippen LogP contribution in [0.1, 0.15) is 34.6 Å². The zero-order valence-electron chi connectivity index (χ0n) is 13.7. The van der Waals surface area contributed by atoms with Gasteiger partial charge in [-0.2, -0.15) is 11.8 Å². The van der Waals surface area contributed by atoms with Crippen molar-refractivity contribution in [3.05, 3.63) is 70.8 Å². The predicted molar refractivity (Wildman–Crippen MR) is 98.1 cm³/mol. The largest absolute Gasteiger partial charge is 0.346 e. The van der Waals surface area contributed by atoms with Gasteiger partial charge in [0.1, 0.15) is 0 Å². The van der Waals surface area contributed by atoms with E-state index in [1.165, 1.54) is 28.9 Å². The van der Waals surface area contributed by atoms with Crippen LogP contribution < -0.4 is 5.32 Å². The Hall–Kier alpha value is -1.33. The van der Waals surface area contributed by atoms with E-state index < -0.39 is 0 Å². The fourth-order valence-corrected chi connectivity index (χ4v) is 4.39. The summed E-state index contributed by atoms with van der Waals surface area (Å²) in [6, 6.07) is 17.8. The first kappa shape index (κ1) is 16.2. The summed E-state index contributed by atoms with van der Waals surface area (Å²) >= 11 is 2.04. The van der Waals surface area contributed by atoms with Gasteiger partial charge in [0.2, 0.25) is 0 Å². The topological polar surface area (TPSA) is 30.5 Å². The molecule has 0 aliphatic carbocycles. The number of benzene rings is 2. The van der Waals surface area contributed by atoms with Gasteiger partial charge in [-0.05, 0) is 28.9 Å². The van der Waals surface area contributed by atoms with Crippen LogP contribution in [-0.2, 0) is 22.4 Å². The molecule has 2 aromatic rings. The van der Waals surface area contributed by atoms with E-state index in [1.807, 2.05) is 11.8 Å². The SMILES string of the molecule is c1ccc2c(c1)CCSC[C@@H]2NCc1ccc(C2OCCO2)cc1. The molecule has 4 rings (SSSR count). The molecule has 3 nitrogen and oxygen atoms in total. The summed E-state index contributed by atoms with van der Waals surface area (Å²) in [6.07, 6.45) is 0.992. The van der Waals surface area contributed by atoms with Gasteiger partial charge in [-0.25, -0.2) is 0 Å². The van der Waals surface area contributed by atoms with Crippen LogP contribution >= 0.6 is 11.8 Å². The van der Waals surface area contributed by atoms with Crippen LogP contribution in [0.5, 0.6) is 0 Å². The van der Waals surface area contributed by atoms with Gasteiger partial charge in [0.15, 0.2) is 6.29 Å². The average Bonchev–Trinajstić information content (AvgIpc) is 3.09. The summed E-state index contributed by atoms with van der Waals surface area (Å²) < 4.78 is 11.1. The maximum atomic E-state index is 5.55. The second-order valence-corrected chi connectivity index (χ2v) is 7.42. The highest BCUT2D eigenvalue weighted by molar-refractivity contribution is 7.99. The highest BCUT2D eigenvalue weighted by atomic mass is 32.2. The van der Waals surface area contributed by atoms with Crippen LogP contribution in [0.15, 0.2) is 48.5 Å². The lowest BCUT2D eigenvalue weighted by Crippen LogP contribution is -2.23. The Labute approximate surface area is 147 Å². The molecule has 126 valence electrons. The molecule has 0 saturated carbocycles. The molecule has 0 aromatic heterocycles. The third kappa shape index (κ3) is 3.67. The molecule has 0 amide bonds. The van der Waals surface area contributed by atoms with E-state index >= 15 is 0 Å². The normalized spacial score (nSPS) is 21.4. The zero-order valence-corrected chi connectivity index (χ0v) is 14.6. The summed E-state index contributed by atoms with van der Waals surface area (Å²) in [5, 5.41) is 3.74. The van der Waals surface area contributed by atoms with Crippen molar-refractivity contribution in [2.24, 2.45) is 0 Å². The molecule has 2 aliphatic heterocycles. The molecule has 1 fully saturated rings. The lowest BCUT2D eigenvalue weighted by Gasteiger charge is -2.19. The number of hydrogen-bond acceptors (Lipinski definition) is 4. The highest BCUT2D eigenvalue weighted by Crippen LogP contribution is 2.28. The third-order valence-electron chi connectivity index (χ3n) is 4.66. The van der Waals surface area contributed by atoms with E-state index in [4.69, 9.17) is 9.47 Å². The van der Waals surface area contributed by atoms with Gasteiger partial charge in [-0.15, -0.1) is 0 Å². The fraction of sp³-hybridized carbons (Fsp3) is 0.400. The van der Waals surface area contributed by atoms with Gasteiger partial charge in [0, 0.05) is 23.9 Å². The number of thioether (sulfide) groups is 1. The van der Waals surface area contributed by atoms with Gasteiger partial charge in [-0.3, -0.25) is 0 Å². The smallest absolute Gasteiger partial charge is 0.184 e. The second-order valence-electron chi connectivity index (χ2n) is 6.27. The van der Waals surface area contributed by atoms with Gasteiger partial charge >= 0.3 is 0 Å². The summed E-state index contributed by atoms with van der Waals surface area (Å²) in [5.41, 5.74) is 5.35. The monoisotopic (exact) mass is 341 g/mol. The molecule has 2 aliphatic rings. The van der Waals surface area contributed by atoms with Gasteiger partial charge in [-0.1, -0.05) is 48.5 Å².